The third-order valence-corrected chi connectivity index (χ3v) is 7.21. The number of hydrogen-bond donors (Lipinski definition) is 2. The highest BCUT2D eigenvalue weighted by atomic mass is 19.1. The molecule has 1 aliphatic carbocycles. The number of aromatic nitrogens is 2. The number of nitrogens with two attached hydrogens (primary N) is 1. The first kappa shape index (κ1) is 25.5. The lowest BCUT2D eigenvalue weighted by molar-refractivity contribution is -0.124. The van der Waals surface area contributed by atoms with E-state index in [0.717, 1.165) is 41.8 Å². The lowest BCUT2D eigenvalue weighted by atomic mass is 9.63. The Kier molecular flexibility index (Phi) is 6.71. The van der Waals surface area contributed by atoms with Gasteiger partial charge in [0.05, 0.1) is 22.5 Å². The zero-order valence-electron chi connectivity index (χ0n) is 21.9. The van der Waals surface area contributed by atoms with Gasteiger partial charge < -0.3 is 5.32 Å². The smallest absolute Gasteiger partial charge is 0.245 e. The molecule has 1 amide bonds. The monoisotopic (exact) mass is 509 g/mol. The number of amides is 1. The molecule has 0 radical (unpaired) electrons. The van der Waals surface area contributed by atoms with Gasteiger partial charge >= 0.3 is 0 Å². The Hall–Kier alpha value is -4.10. The van der Waals surface area contributed by atoms with E-state index in [0.29, 0.717) is 17.3 Å². The second kappa shape index (κ2) is 9.99. The zero-order valence-corrected chi connectivity index (χ0v) is 21.9. The van der Waals surface area contributed by atoms with Crippen LogP contribution in [0, 0.1) is 5.82 Å². The van der Waals surface area contributed by atoms with Crippen molar-refractivity contribution in [2.24, 2.45) is 5.84 Å². The number of anilines is 3. The summed E-state index contributed by atoms with van der Waals surface area (Å²) in [4.78, 5) is 22.8. The fourth-order valence-electron chi connectivity index (χ4n) is 4.70. The van der Waals surface area contributed by atoms with Crippen molar-refractivity contribution in [3.8, 4) is 11.3 Å². The molecule has 1 saturated carbocycles. The molecule has 3 N–H and O–H groups in total. The second-order valence-electron chi connectivity index (χ2n) is 10.9. The SMILES string of the molecule is CC(C)(C)c1cc(-c2ccccc2)nc(N(N)c2ccc(C3(C(=O)Nc4ccc(F)cc4)CCC3)cc2)n1. The van der Waals surface area contributed by atoms with Crippen LogP contribution in [-0.4, -0.2) is 15.9 Å². The van der Waals surface area contributed by atoms with Crippen LogP contribution < -0.4 is 16.2 Å². The molecule has 194 valence electrons. The van der Waals surface area contributed by atoms with Crippen LogP contribution in [0.4, 0.5) is 21.7 Å². The molecule has 0 bridgehead atoms. The largest absolute Gasteiger partial charge is 0.325 e. The molecule has 7 heteroatoms. The van der Waals surface area contributed by atoms with Crippen LogP contribution in [0.2, 0.25) is 0 Å². The van der Waals surface area contributed by atoms with Gasteiger partial charge in [-0.3, -0.25) is 4.79 Å². The Balaban J connectivity index is 1.42. The first-order chi connectivity index (χ1) is 18.2. The summed E-state index contributed by atoms with van der Waals surface area (Å²) in [5, 5.41) is 4.44. The Labute approximate surface area is 222 Å². The number of hydrogen-bond acceptors (Lipinski definition) is 5. The maximum atomic E-state index is 13.3. The van der Waals surface area contributed by atoms with Crippen LogP contribution in [0.15, 0.2) is 84.9 Å². The van der Waals surface area contributed by atoms with E-state index in [4.69, 9.17) is 15.8 Å². The minimum Gasteiger partial charge on any atom is -0.325 e. The Morgan fingerprint density at radius 3 is 2.18 bits per heavy atom. The molecule has 0 saturated heterocycles. The number of nitrogens with zero attached hydrogens (tertiary/aromatic N) is 3. The van der Waals surface area contributed by atoms with E-state index in [1.165, 1.54) is 17.1 Å². The van der Waals surface area contributed by atoms with Gasteiger partial charge in [0, 0.05) is 16.7 Å². The van der Waals surface area contributed by atoms with Crippen molar-refractivity contribution < 1.29 is 9.18 Å². The van der Waals surface area contributed by atoms with Gasteiger partial charge in [0.25, 0.3) is 0 Å². The van der Waals surface area contributed by atoms with Gasteiger partial charge in [-0.25, -0.2) is 25.2 Å². The lowest BCUT2D eigenvalue weighted by Gasteiger charge is -2.41. The van der Waals surface area contributed by atoms with Gasteiger partial charge in [0.1, 0.15) is 5.82 Å². The number of benzene rings is 3. The Morgan fingerprint density at radius 1 is 0.947 bits per heavy atom. The molecule has 5 rings (SSSR count). The average Bonchev–Trinajstić information content (AvgIpc) is 2.89. The summed E-state index contributed by atoms with van der Waals surface area (Å²) in [5.41, 5.74) is 4.09. The van der Waals surface area contributed by atoms with Crippen LogP contribution in [0.25, 0.3) is 11.3 Å². The predicted octanol–water partition coefficient (Wildman–Crippen LogP) is 6.65. The number of carbonyl (C=O) groups is 1. The number of rotatable bonds is 6. The van der Waals surface area contributed by atoms with Crippen molar-refractivity contribution in [2.45, 2.75) is 50.9 Å². The first-order valence-corrected chi connectivity index (χ1v) is 12.8. The maximum absolute atomic E-state index is 13.3. The molecular weight excluding hydrogens is 477 g/mol. The summed E-state index contributed by atoms with van der Waals surface area (Å²) in [6.45, 7) is 6.33. The molecule has 1 aliphatic rings. The molecule has 0 atom stereocenters. The molecule has 4 aromatic rings. The van der Waals surface area contributed by atoms with E-state index in [-0.39, 0.29) is 17.1 Å². The first-order valence-electron chi connectivity index (χ1n) is 12.8. The van der Waals surface area contributed by atoms with Crippen LogP contribution in [0.3, 0.4) is 0 Å². The highest BCUT2D eigenvalue weighted by molar-refractivity contribution is 6.00. The minimum absolute atomic E-state index is 0.0820. The Morgan fingerprint density at radius 2 is 1.61 bits per heavy atom. The third-order valence-electron chi connectivity index (χ3n) is 7.21. The molecule has 1 heterocycles. The summed E-state index contributed by atoms with van der Waals surface area (Å²) < 4.78 is 13.3. The second-order valence-corrected chi connectivity index (χ2v) is 10.9. The van der Waals surface area contributed by atoms with Gasteiger partial charge in [0.2, 0.25) is 11.9 Å². The summed E-state index contributed by atoms with van der Waals surface area (Å²) in [6.07, 6.45) is 2.48. The fraction of sp³-hybridized carbons (Fsp3) is 0.258. The van der Waals surface area contributed by atoms with Gasteiger partial charge in [-0.15, -0.1) is 0 Å². The molecule has 1 aromatic heterocycles. The van der Waals surface area contributed by atoms with Crippen LogP contribution in [0.1, 0.15) is 51.3 Å². The number of halogens is 1. The van der Waals surface area contributed by atoms with E-state index in [2.05, 4.69) is 26.1 Å². The van der Waals surface area contributed by atoms with E-state index < -0.39 is 5.41 Å². The topological polar surface area (TPSA) is 84.1 Å². The van der Waals surface area contributed by atoms with E-state index >= 15 is 0 Å². The van der Waals surface area contributed by atoms with Crippen molar-refractivity contribution in [3.63, 3.8) is 0 Å². The molecular formula is C31H32FN5O. The highest BCUT2D eigenvalue weighted by Gasteiger charge is 2.45. The molecule has 6 nitrogen and oxygen atoms in total. The van der Waals surface area contributed by atoms with Crippen LogP contribution >= 0.6 is 0 Å². The predicted molar refractivity (Wildman–Crippen MR) is 149 cm³/mol. The highest BCUT2D eigenvalue weighted by Crippen LogP contribution is 2.45. The van der Waals surface area contributed by atoms with E-state index in [9.17, 15) is 9.18 Å². The number of nitrogens with one attached hydrogen (secondary N) is 1. The average molecular weight is 510 g/mol. The van der Waals surface area contributed by atoms with Crippen molar-refractivity contribution in [1.29, 1.82) is 0 Å². The summed E-state index contributed by atoms with van der Waals surface area (Å²) in [5.74, 6) is 6.53. The van der Waals surface area contributed by atoms with Crippen LogP contribution in [0.5, 0.6) is 0 Å². The number of carbonyl (C=O) groups excluding carboxylic acids is 1. The minimum atomic E-state index is -0.616. The van der Waals surface area contributed by atoms with Gasteiger partial charge in [-0.05, 0) is 60.9 Å². The molecule has 0 unspecified atom stereocenters. The molecule has 1 fully saturated rings. The van der Waals surface area contributed by atoms with Crippen molar-refractivity contribution >= 4 is 23.2 Å². The van der Waals surface area contributed by atoms with Crippen LogP contribution in [-0.2, 0) is 15.6 Å². The van der Waals surface area contributed by atoms with E-state index in [1.54, 1.807) is 12.1 Å². The summed E-state index contributed by atoms with van der Waals surface area (Å²) in [7, 11) is 0. The van der Waals surface area contributed by atoms with E-state index in [1.807, 2.05) is 60.7 Å². The third kappa shape index (κ3) is 5.02. The maximum Gasteiger partial charge on any atom is 0.245 e. The standard InChI is InChI=1S/C31H32FN5O/c1-30(2,3)27-20-26(21-8-5-4-6-9-21)35-29(36-27)37(33)25-16-10-22(11-17-25)31(18-7-19-31)28(38)34-24-14-12-23(32)13-15-24/h4-6,8-17,20H,7,18-19,33H2,1-3H3,(H,34,38). The van der Waals surface area contributed by atoms with Crippen molar-refractivity contribution in [1.82, 2.24) is 9.97 Å². The summed E-state index contributed by atoms with van der Waals surface area (Å²) >= 11 is 0. The van der Waals surface area contributed by atoms with Crippen molar-refractivity contribution in [2.75, 3.05) is 10.3 Å². The Bertz CT molecular complexity index is 1430. The van der Waals surface area contributed by atoms with Crippen molar-refractivity contribution in [3.05, 3.63) is 102 Å². The molecule has 38 heavy (non-hydrogen) atoms. The fourth-order valence-corrected chi connectivity index (χ4v) is 4.70. The lowest BCUT2D eigenvalue weighted by Crippen LogP contribution is -2.46. The zero-order chi connectivity index (χ0) is 26.9. The molecule has 0 spiro atoms. The normalized spacial score (nSPS) is 14.4. The van der Waals surface area contributed by atoms with Gasteiger partial charge in [-0.2, -0.15) is 0 Å². The van der Waals surface area contributed by atoms with Gasteiger partial charge in [0.15, 0.2) is 0 Å². The molecule has 0 aliphatic heterocycles. The number of hydrazine groups is 1. The van der Waals surface area contributed by atoms with Gasteiger partial charge in [-0.1, -0.05) is 69.7 Å². The molecule has 3 aromatic carbocycles. The summed E-state index contributed by atoms with van der Waals surface area (Å²) in [6, 6.07) is 25.5. The quantitative estimate of drug-likeness (QED) is 0.224.